The van der Waals surface area contributed by atoms with Gasteiger partial charge in [-0.1, -0.05) is 13.8 Å². The maximum atomic E-state index is 13.5. The van der Waals surface area contributed by atoms with Crippen molar-refractivity contribution in [3.05, 3.63) is 18.2 Å². The Bertz CT molecular complexity index is 600. The Morgan fingerprint density at radius 1 is 1.30 bits per heavy atom. The number of aromatic nitrogens is 2. The van der Waals surface area contributed by atoms with Gasteiger partial charge in [0.05, 0.1) is 0 Å². The first-order valence-electron chi connectivity index (χ1n) is 9.33. The summed E-state index contributed by atoms with van der Waals surface area (Å²) in [6, 6.07) is 0.140. The van der Waals surface area contributed by atoms with Crippen molar-refractivity contribution in [1.82, 2.24) is 20.2 Å². The number of hydrogen-bond acceptors (Lipinski definition) is 3. The number of hydrogen-bond donors (Lipinski definition) is 3. The van der Waals surface area contributed by atoms with Crippen molar-refractivity contribution in [1.29, 1.82) is 0 Å². The van der Waals surface area contributed by atoms with E-state index in [0.717, 1.165) is 12.8 Å². The molecule has 0 bridgehead atoms. The van der Waals surface area contributed by atoms with Crippen molar-refractivity contribution in [3.8, 4) is 0 Å². The maximum absolute atomic E-state index is 13.5. The zero-order valence-electron chi connectivity index (χ0n) is 16.8. The second-order valence-corrected chi connectivity index (χ2v) is 7.25. The lowest BCUT2D eigenvalue weighted by molar-refractivity contribution is -0.272. The van der Waals surface area contributed by atoms with Crippen LogP contribution in [0.5, 0.6) is 0 Å². The number of aliphatic hydroxyl groups is 1. The van der Waals surface area contributed by atoms with Crippen LogP contribution in [0.3, 0.4) is 0 Å². The molecule has 0 saturated carbocycles. The quantitative estimate of drug-likeness (QED) is 0.447. The van der Waals surface area contributed by atoms with Gasteiger partial charge in [-0.2, -0.15) is 13.2 Å². The molecule has 0 spiro atoms. The lowest BCUT2D eigenvalue weighted by Gasteiger charge is -2.29. The summed E-state index contributed by atoms with van der Waals surface area (Å²) in [6.45, 7) is 8.56. The molecular formula is C18H32F3N5O. The largest absolute Gasteiger partial charge is 0.424 e. The second-order valence-electron chi connectivity index (χ2n) is 7.25. The minimum absolute atomic E-state index is 0.140. The van der Waals surface area contributed by atoms with Crippen LogP contribution in [0.25, 0.3) is 0 Å². The van der Waals surface area contributed by atoms with E-state index in [9.17, 15) is 18.3 Å². The standard InChI is InChI=1S/C18H32F3N5O/c1-6-22-16(25-14(4)8-7-13(2)3)24-10-9-17(27,18(19,20)21)15-23-11-12-26(15)5/h11-14,27H,6-10H2,1-5H3,(H2,22,24,25). The van der Waals surface area contributed by atoms with E-state index in [2.05, 4.69) is 34.5 Å². The molecule has 1 aromatic rings. The zero-order valence-corrected chi connectivity index (χ0v) is 16.8. The number of aryl methyl sites for hydroxylation is 1. The predicted octanol–water partition coefficient (Wildman–Crippen LogP) is 2.94. The highest BCUT2D eigenvalue weighted by Crippen LogP contribution is 2.40. The number of alkyl halides is 3. The van der Waals surface area contributed by atoms with Crippen LogP contribution in [-0.2, 0) is 12.6 Å². The van der Waals surface area contributed by atoms with Gasteiger partial charge in [0, 0.05) is 45.0 Å². The molecule has 0 aromatic carbocycles. The van der Waals surface area contributed by atoms with E-state index in [1.807, 2.05) is 13.8 Å². The highest BCUT2D eigenvalue weighted by atomic mass is 19.4. The molecule has 1 aromatic heterocycles. The van der Waals surface area contributed by atoms with Crippen LogP contribution in [0.1, 0.15) is 52.8 Å². The number of rotatable bonds is 9. The zero-order chi connectivity index (χ0) is 20.7. The van der Waals surface area contributed by atoms with Crippen LogP contribution >= 0.6 is 0 Å². The van der Waals surface area contributed by atoms with Gasteiger partial charge in [0.1, 0.15) is 5.82 Å². The van der Waals surface area contributed by atoms with E-state index >= 15 is 0 Å². The maximum Gasteiger partial charge on any atom is 0.424 e. The molecule has 0 saturated heterocycles. The van der Waals surface area contributed by atoms with Crippen LogP contribution in [0, 0.1) is 5.92 Å². The summed E-state index contributed by atoms with van der Waals surface area (Å²) >= 11 is 0. The number of halogens is 3. The third-order valence-corrected chi connectivity index (χ3v) is 4.31. The monoisotopic (exact) mass is 391 g/mol. The van der Waals surface area contributed by atoms with Gasteiger partial charge in [0.15, 0.2) is 5.96 Å². The van der Waals surface area contributed by atoms with E-state index < -0.39 is 24.0 Å². The SMILES string of the molecule is CCNC(=NCCC(O)(c1nccn1C)C(F)(F)F)NC(C)CCC(C)C. The lowest BCUT2D eigenvalue weighted by atomic mass is 9.98. The minimum atomic E-state index is -4.85. The third-order valence-electron chi connectivity index (χ3n) is 4.31. The van der Waals surface area contributed by atoms with Crippen LogP contribution in [-0.4, -0.2) is 45.9 Å². The smallest absolute Gasteiger partial charge is 0.374 e. The van der Waals surface area contributed by atoms with Crippen molar-refractivity contribution in [2.45, 2.75) is 64.8 Å². The van der Waals surface area contributed by atoms with Crippen molar-refractivity contribution in [2.75, 3.05) is 13.1 Å². The van der Waals surface area contributed by atoms with Gasteiger partial charge < -0.3 is 20.3 Å². The summed E-state index contributed by atoms with van der Waals surface area (Å²) < 4.78 is 41.7. The molecule has 3 N–H and O–H groups in total. The summed E-state index contributed by atoms with van der Waals surface area (Å²) in [4.78, 5) is 7.91. The summed E-state index contributed by atoms with van der Waals surface area (Å²) in [7, 11) is 1.42. The fourth-order valence-electron chi connectivity index (χ4n) is 2.68. The van der Waals surface area contributed by atoms with E-state index in [1.54, 1.807) is 0 Å². The molecule has 0 fully saturated rings. The Morgan fingerprint density at radius 3 is 2.44 bits per heavy atom. The van der Waals surface area contributed by atoms with E-state index in [-0.39, 0.29) is 12.6 Å². The van der Waals surface area contributed by atoms with E-state index in [1.165, 1.54) is 24.0 Å². The van der Waals surface area contributed by atoms with Gasteiger partial charge in [0.25, 0.3) is 0 Å². The van der Waals surface area contributed by atoms with Crippen molar-refractivity contribution in [2.24, 2.45) is 18.0 Å². The van der Waals surface area contributed by atoms with Gasteiger partial charge in [-0.05, 0) is 32.6 Å². The topological polar surface area (TPSA) is 74.5 Å². The molecule has 1 rings (SSSR count). The lowest BCUT2D eigenvalue weighted by Crippen LogP contribution is -2.46. The molecular weight excluding hydrogens is 359 g/mol. The Morgan fingerprint density at radius 2 is 1.96 bits per heavy atom. The molecule has 9 heteroatoms. The van der Waals surface area contributed by atoms with Gasteiger partial charge >= 0.3 is 6.18 Å². The molecule has 2 atom stereocenters. The first-order chi connectivity index (χ1) is 12.5. The Balaban J connectivity index is 2.84. The molecule has 6 nitrogen and oxygen atoms in total. The normalized spacial score (nSPS) is 16.3. The summed E-state index contributed by atoms with van der Waals surface area (Å²) in [5, 5.41) is 16.6. The minimum Gasteiger partial charge on any atom is -0.374 e. The van der Waals surface area contributed by atoms with Gasteiger partial charge in [0.2, 0.25) is 5.60 Å². The number of nitrogens with one attached hydrogen (secondary N) is 2. The van der Waals surface area contributed by atoms with Gasteiger partial charge in [-0.3, -0.25) is 4.99 Å². The average Bonchev–Trinajstić information content (AvgIpc) is 2.98. The summed E-state index contributed by atoms with van der Waals surface area (Å²) in [6.07, 6.45) is -0.882. The number of aliphatic imine (C=N–C) groups is 1. The van der Waals surface area contributed by atoms with Crippen LogP contribution < -0.4 is 10.6 Å². The molecule has 0 amide bonds. The molecule has 27 heavy (non-hydrogen) atoms. The van der Waals surface area contributed by atoms with Gasteiger partial charge in [-0.15, -0.1) is 0 Å². The molecule has 0 aliphatic carbocycles. The molecule has 0 radical (unpaired) electrons. The fraction of sp³-hybridized carbons (Fsp3) is 0.778. The first-order valence-corrected chi connectivity index (χ1v) is 9.33. The Hall–Kier alpha value is -1.77. The fourth-order valence-corrected chi connectivity index (χ4v) is 2.68. The van der Waals surface area contributed by atoms with Crippen LogP contribution in [0.15, 0.2) is 17.4 Å². The Labute approximate surface area is 159 Å². The van der Waals surface area contributed by atoms with Crippen molar-refractivity contribution in [3.63, 3.8) is 0 Å². The van der Waals surface area contributed by atoms with Crippen LogP contribution in [0.2, 0.25) is 0 Å². The van der Waals surface area contributed by atoms with Crippen molar-refractivity contribution >= 4 is 5.96 Å². The molecule has 0 aliphatic heterocycles. The number of imidazole rings is 1. The van der Waals surface area contributed by atoms with Crippen molar-refractivity contribution < 1.29 is 18.3 Å². The average molecular weight is 391 g/mol. The molecule has 1 heterocycles. The number of guanidine groups is 1. The second kappa shape index (κ2) is 9.96. The predicted molar refractivity (Wildman–Crippen MR) is 100 cm³/mol. The third kappa shape index (κ3) is 6.71. The van der Waals surface area contributed by atoms with Gasteiger partial charge in [-0.25, -0.2) is 4.98 Å². The highest BCUT2D eigenvalue weighted by molar-refractivity contribution is 5.80. The molecule has 2 unspecified atom stereocenters. The number of nitrogens with zero attached hydrogens (tertiary/aromatic N) is 3. The van der Waals surface area contributed by atoms with E-state index in [4.69, 9.17) is 0 Å². The van der Waals surface area contributed by atoms with Crippen LogP contribution in [0.4, 0.5) is 13.2 Å². The Kier molecular flexibility index (Phi) is 8.59. The summed E-state index contributed by atoms with van der Waals surface area (Å²) in [5.41, 5.74) is -3.05. The molecule has 0 aliphatic rings. The van der Waals surface area contributed by atoms with E-state index in [0.29, 0.717) is 18.4 Å². The summed E-state index contributed by atoms with van der Waals surface area (Å²) in [5.74, 6) is 0.583. The first kappa shape index (κ1) is 23.3. The molecule has 156 valence electrons. The highest BCUT2D eigenvalue weighted by Gasteiger charge is 2.57.